The number of aromatic nitrogens is 4. The molecule has 3 rings (SSSR count). The quantitative estimate of drug-likeness (QED) is 0.784. The summed E-state index contributed by atoms with van der Waals surface area (Å²) >= 11 is 1.49. The number of benzene rings is 1. The Labute approximate surface area is 108 Å². The van der Waals surface area contributed by atoms with Gasteiger partial charge in [-0.3, -0.25) is 0 Å². The highest BCUT2D eigenvalue weighted by Crippen LogP contribution is 2.28. The lowest BCUT2D eigenvalue weighted by molar-refractivity contribution is 0.683. The summed E-state index contributed by atoms with van der Waals surface area (Å²) in [5.41, 5.74) is 7.70. The van der Waals surface area contributed by atoms with Gasteiger partial charge in [-0.25, -0.2) is 4.98 Å². The standard InChI is InChI=1S/C12H13N5S/c1-2-5-17-7-14-16-11(17)8-3-4-9-10(6-8)18-12(13)15-9/h3-4,6-7H,2,5H2,1H3,(H2,13,15). The van der Waals surface area contributed by atoms with Crippen molar-refractivity contribution in [3.05, 3.63) is 24.5 Å². The highest BCUT2D eigenvalue weighted by molar-refractivity contribution is 7.22. The minimum absolute atomic E-state index is 0.595. The Morgan fingerprint density at radius 3 is 3.11 bits per heavy atom. The van der Waals surface area contributed by atoms with Gasteiger partial charge >= 0.3 is 0 Å². The summed E-state index contributed by atoms with van der Waals surface area (Å²) in [6.07, 6.45) is 2.82. The van der Waals surface area contributed by atoms with Crippen molar-refractivity contribution in [1.29, 1.82) is 0 Å². The molecule has 0 aliphatic heterocycles. The van der Waals surface area contributed by atoms with Crippen molar-refractivity contribution < 1.29 is 0 Å². The Morgan fingerprint density at radius 1 is 1.39 bits per heavy atom. The fourth-order valence-corrected chi connectivity index (χ4v) is 2.74. The molecule has 0 amide bonds. The highest BCUT2D eigenvalue weighted by Gasteiger charge is 2.09. The maximum absolute atomic E-state index is 5.71. The van der Waals surface area contributed by atoms with Crippen LogP contribution in [0.3, 0.4) is 0 Å². The molecular formula is C12H13N5S. The van der Waals surface area contributed by atoms with Crippen LogP contribution >= 0.6 is 11.3 Å². The average Bonchev–Trinajstić information content (AvgIpc) is 2.93. The summed E-state index contributed by atoms with van der Waals surface area (Å²) in [7, 11) is 0. The number of rotatable bonds is 3. The van der Waals surface area contributed by atoms with Gasteiger partial charge in [0.2, 0.25) is 0 Å². The number of nitrogens with zero attached hydrogens (tertiary/aromatic N) is 4. The normalized spacial score (nSPS) is 11.2. The van der Waals surface area contributed by atoms with Gasteiger partial charge in [0, 0.05) is 12.1 Å². The maximum Gasteiger partial charge on any atom is 0.181 e. The first-order valence-corrected chi connectivity index (χ1v) is 6.64. The zero-order valence-electron chi connectivity index (χ0n) is 10.00. The number of nitrogens with two attached hydrogens (primary N) is 1. The van der Waals surface area contributed by atoms with E-state index in [9.17, 15) is 0 Å². The Bertz CT molecular complexity index is 685. The third kappa shape index (κ3) is 1.84. The smallest absolute Gasteiger partial charge is 0.181 e. The van der Waals surface area contributed by atoms with E-state index >= 15 is 0 Å². The van der Waals surface area contributed by atoms with Crippen LogP contribution in [0.5, 0.6) is 0 Å². The lowest BCUT2D eigenvalue weighted by Gasteiger charge is -2.04. The van der Waals surface area contributed by atoms with Crippen molar-refractivity contribution in [2.75, 3.05) is 5.73 Å². The molecule has 2 aromatic heterocycles. The Hall–Kier alpha value is -1.95. The van der Waals surface area contributed by atoms with E-state index in [2.05, 4.69) is 32.7 Å². The topological polar surface area (TPSA) is 69.6 Å². The lowest BCUT2D eigenvalue weighted by Crippen LogP contribution is -1.98. The van der Waals surface area contributed by atoms with Gasteiger partial charge in [0.25, 0.3) is 0 Å². The van der Waals surface area contributed by atoms with Crippen molar-refractivity contribution in [1.82, 2.24) is 19.7 Å². The van der Waals surface area contributed by atoms with Crippen LogP contribution in [0.4, 0.5) is 5.13 Å². The van der Waals surface area contributed by atoms with Crippen LogP contribution in [-0.4, -0.2) is 19.7 Å². The third-order valence-electron chi connectivity index (χ3n) is 2.74. The molecule has 3 aromatic rings. The SMILES string of the molecule is CCCn1cnnc1-c1ccc2nc(N)sc2c1. The zero-order valence-corrected chi connectivity index (χ0v) is 10.8. The Morgan fingerprint density at radius 2 is 2.28 bits per heavy atom. The summed E-state index contributed by atoms with van der Waals surface area (Å²) in [5.74, 6) is 0.894. The largest absolute Gasteiger partial charge is 0.375 e. The molecule has 0 bridgehead atoms. The second kappa shape index (κ2) is 4.38. The molecular weight excluding hydrogens is 246 g/mol. The molecule has 1 aromatic carbocycles. The van der Waals surface area contributed by atoms with E-state index in [1.807, 2.05) is 12.1 Å². The molecule has 0 unspecified atom stereocenters. The molecule has 0 atom stereocenters. The Kier molecular flexibility index (Phi) is 2.71. The predicted octanol–water partition coefficient (Wildman–Crippen LogP) is 2.55. The molecule has 0 saturated carbocycles. The van der Waals surface area contributed by atoms with Gasteiger partial charge in [-0.1, -0.05) is 18.3 Å². The zero-order chi connectivity index (χ0) is 12.5. The fourth-order valence-electron chi connectivity index (χ4n) is 1.96. The van der Waals surface area contributed by atoms with E-state index in [4.69, 9.17) is 5.73 Å². The molecule has 0 aliphatic rings. The summed E-state index contributed by atoms with van der Waals surface area (Å²) < 4.78 is 3.14. The monoisotopic (exact) mass is 259 g/mol. The molecule has 0 radical (unpaired) electrons. The van der Waals surface area contributed by atoms with E-state index in [0.717, 1.165) is 34.6 Å². The number of fused-ring (bicyclic) bond motifs is 1. The number of thiazole rings is 1. The number of hydrogen-bond donors (Lipinski definition) is 1. The van der Waals surface area contributed by atoms with Crippen molar-refractivity contribution in [2.45, 2.75) is 19.9 Å². The van der Waals surface area contributed by atoms with Crippen LogP contribution in [0, 0.1) is 0 Å². The van der Waals surface area contributed by atoms with Crippen LogP contribution in [0.2, 0.25) is 0 Å². The van der Waals surface area contributed by atoms with Crippen LogP contribution < -0.4 is 5.73 Å². The average molecular weight is 259 g/mol. The maximum atomic E-state index is 5.71. The molecule has 0 aliphatic carbocycles. The molecule has 0 fully saturated rings. The number of aryl methyl sites for hydroxylation is 1. The van der Waals surface area contributed by atoms with Crippen molar-refractivity contribution in [2.24, 2.45) is 0 Å². The summed E-state index contributed by atoms with van der Waals surface area (Å²) in [5, 5.41) is 8.76. The first-order valence-electron chi connectivity index (χ1n) is 5.82. The van der Waals surface area contributed by atoms with E-state index in [-0.39, 0.29) is 0 Å². The highest BCUT2D eigenvalue weighted by atomic mass is 32.1. The lowest BCUT2D eigenvalue weighted by atomic mass is 10.2. The molecule has 0 saturated heterocycles. The molecule has 18 heavy (non-hydrogen) atoms. The van der Waals surface area contributed by atoms with E-state index in [0.29, 0.717) is 5.13 Å². The molecule has 92 valence electrons. The second-order valence-electron chi connectivity index (χ2n) is 4.08. The summed E-state index contributed by atoms with van der Waals surface area (Å²) in [4.78, 5) is 4.25. The molecule has 2 N–H and O–H groups in total. The van der Waals surface area contributed by atoms with E-state index in [1.165, 1.54) is 11.3 Å². The van der Waals surface area contributed by atoms with Crippen molar-refractivity contribution in [3.8, 4) is 11.4 Å². The van der Waals surface area contributed by atoms with Crippen LogP contribution in [-0.2, 0) is 6.54 Å². The van der Waals surface area contributed by atoms with Crippen molar-refractivity contribution in [3.63, 3.8) is 0 Å². The van der Waals surface area contributed by atoms with Gasteiger partial charge in [-0.15, -0.1) is 10.2 Å². The number of anilines is 1. The van der Waals surface area contributed by atoms with Crippen molar-refractivity contribution >= 4 is 26.7 Å². The third-order valence-corrected chi connectivity index (χ3v) is 3.59. The van der Waals surface area contributed by atoms with Gasteiger partial charge in [0.05, 0.1) is 10.2 Å². The molecule has 6 heteroatoms. The molecule has 5 nitrogen and oxygen atoms in total. The summed E-state index contributed by atoms with van der Waals surface area (Å²) in [6.45, 7) is 3.06. The minimum atomic E-state index is 0.595. The van der Waals surface area contributed by atoms with E-state index < -0.39 is 0 Å². The molecule has 2 heterocycles. The Balaban J connectivity index is 2.10. The molecule has 0 spiro atoms. The number of nitrogen functional groups attached to an aromatic ring is 1. The van der Waals surface area contributed by atoms with Gasteiger partial charge in [-0.05, 0) is 24.6 Å². The second-order valence-corrected chi connectivity index (χ2v) is 5.14. The fraction of sp³-hybridized carbons (Fsp3) is 0.250. The minimum Gasteiger partial charge on any atom is -0.375 e. The van der Waals surface area contributed by atoms with Crippen LogP contribution in [0.25, 0.3) is 21.6 Å². The van der Waals surface area contributed by atoms with E-state index in [1.54, 1.807) is 6.33 Å². The van der Waals surface area contributed by atoms with Gasteiger partial charge < -0.3 is 10.3 Å². The summed E-state index contributed by atoms with van der Waals surface area (Å²) in [6, 6.07) is 6.06. The first-order chi connectivity index (χ1) is 8.78. The first kappa shape index (κ1) is 11.2. The van der Waals surface area contributed by atoms with Crippen LogP contribution in [0.1, 0.15) is 13.3 Å². The van der Waals surface area contributed by atoms with Crippen LogP contribution in [0.15, 0.2) is 24.5 Å². The number of hydrogen-bond acceptors (Lipinski definition) is 5. The van der Waals surface area contributed by atoms with Gasteiger partial charge in [0.15, 0.2) is 11.0 Å². The predicted molar refractivity (Wildman–Crippen MR) is 73.3 cm³/mol. The van der Waals surface area contributed by atoms with Gasteiger partial charge in [0.1, 0.15) is 6.33 Å². The van der Waals surface area contributed by atoms with Gasteiger partial charge in [-0.2, -0.15) is 0 Å².